The fourth-order valence-corrected chi connectivity index (χ4v) is 1.41. The normalized spacial score (nSPS) is 10.6. The second-order valence-electron chi connectivity index (χ2n) is 3.87. The van der Waals surface area contributed by atoms with E-state index < -0.39 is 5.91 Å². The first kappa shape index (κ1) is 13.4. The Morgan fingerprint density at radius 2 is 2.05 bits per heavy atom. The summed E-state index contributed by atoms with van der Waals surface area (Å²) in [5.74, 6) is -0.371. The lowest BCUT2D eigenvalue weighted by atomic mass is 10.1. The molecule has 1 aromatic heterocycles. The molecule has 4 N–H and O–H groups in total. The summed E-state index contributed by atoms with van der Waals surface area (Å²) in [4.78, 5) is 22.4. The number of benzene rings is 1. The van der Waals surface area contributed by atoms with E-state index >= 15 is 0 Å². The maximum Gasteiger partial charge on any atom is 0.248 e. The lowest BCUT2D eigenvalue weighted by Crippen LogP contribution is -2.20. The molecule has 2 amide bonds. The van der Waals surface area contributed by atoms with Crippen molar-refractivity contribution in [2.45, 2.75) is 6.54 Å². The number of aromatic amines is 1. The average molecular weight is 272 g/mol. The minimum Gasteiger partial charge on any atom is -0.366 e. The standard InChI is InChI=1S/C12H12N6O2/c13-12(20)9-4-1-8(2-5-9)3-6-11(19)14-7-10-15-17-18-16-10/h1-6H,7H2,(H2,13,20)(H,14,19)(H,15,16,17,18). The molecule has 2 aromatic rings. The van der Waals surface area contributed by atoms with Crippen LogP contribution < -0.4 is 11.1 Å². The predicted octanol–water partition coefficient (Wildman–Crippen LogP) is -0.372. The molecule has 20 heavy (non-hydrogen) atoms. The van der Waals surface area contributed by atoms with Gasteiger partial charge < -0.3 is 11.1 Å². The highest BCUT2D eigenvalue weighted by Crippen LogP contribution is 2.05. The molecule has 0 fully saturated rings. The maximum absolute atomic E-state index is 11.5. The summed E-state index contributed by atoms with van der Waals surface area (Å²) in [5.41, 5.74) is 6.33. The SMILES string of the molecule is NC(=O)c1ccc(C=CC(=O)NCc2nn[nH]n2)cc1. The number of nitrogens with zero attached hydrogens (tertiary/aromatic N) is 3. The van der Waals surface area contributed by atoms with Crippen molar-refractivity contribution in [2.24, 2.45) is 5.73 Å². The van der Waals surface area contributed by atoms with E-state index in [4.69, 9.17) is 5.73 Å². The van der Waals surface area contributed by atoms with Gasteiger partial charge in [-0.1, -0.05) is 17.3 Å². The first-order chi connectivity index (χ1) is 9.65. The number of hydrogen-bond acceptors (Lipinski definition) is 5. The van der Waals surface area contributed by atoms with Gasteiger partial charge in [0.05, 0.1) is 6.54 Å². The van der Waals surface area contributed by atoms with Crippen LogP contribution in [-0.2, 0) is 11.3 Å². The van der Waals surface area contributed by atoms with E-state index in [1.165, 1.54) is 6.08 Å². The van der Waals surface area contributed by atoms with Crippen LogP contribution in [0.1, 0.15) is 21.7 Å². The molecule has 0 unspecified atom stereocenters. The number of aromatic nitrogens is 4. The van der Waals surface area contributed by atoms with E-state index in [2.05, 4.69) is 25.9 Å². The molecule has 0 bridgehead atoms. The molecule has 0 spiro atoms. The van der Waals surface area contributed by atoms with Gasteiger partial charge in [0.25, 0.3) is 0 Å². The molecular weight excluding hydrogens is 260 g/mol. The Bertz CT molecular complexity index is 618. The maximum atomic E-state index is 11.5. The third-order valence-electron chi connectivity index (χ3n) is 2.43. The molecule has 0 radical (unpaired) electrons. The Labute approximate surface area is 114 Å². The monoisotopic (exact) mass is 272 g/mol. The molecule has 1 aromatic carbocycles. The van der Waals surface area contributed by atoms with E-state index in [0.29, 0.717) is 11.4 Å². The summed E-state index contributed by atoms with van der Waals surface area (Å²) in [7, 11) is 0. The van der Waals surface area contributed by atoms with Gasteiger partial charge in [-0.05, 0) is 23.8 Å². The van der Waals surface area contributed by atoms with Crippen LogP contribution in [0.25, 0.3) is 6.08 Å². The molecule has 0 aliphatic heterocycles. The third kappa shape index (κ3) is 3.73. The second kappa shape index (κ2) is 6.23. The molecule has 0 atom stereocenters. The second-order valence-corrected chi connectivity index (χ2v) is 3.87. The predicted molar refractivity (Wildman–Crippen MR) is 70.0 cm³/mol. The molecule has 8 heteroatoms. The lowest BCUT2D eigenvalue weighted by molar-refractivity contribution is -0.116. The highest BCUT2D eigenvalue weighted by atomic mass is 16.1. The number of nitrogens with two attached hydrogens (primary N) is 1. The van der Waals surface area contributed by atoms with E-state index in [0.717, 1.165) is 5.56 Å². The van der Waals surface area contributed by atoms with Crippen LogP contribution in [-0.4, -0.2) is 32.4 Å². The van der Waals surface area contributed by atoms with Gasteiger partial charge in [-0.3, -0.25) is 9.59 Å². The minimum atomic E-state index is -0.488. The van der Waals surface area contributed by atoms with Crippen LogP contribution in [0.5, 0.6) is 0 Å². The Morgan fingerprint density at radius 1 is 1.30 bits per heavy atom. The minimum absolute atomic E-state index is 0.195. The summed E-state index contributed by atoms with van der Waals surface area (Å²) in [6.07, 6.45) is 3.00. The van der Waals surface area contributed by atoms with Crippen LogP contribution in [0.2, 0.25) is 0 Å². The van der Waals surface area contributed by atoms with E-state index in [-0.39, 0.29) is 12.5 Å². The molecule has 0 aliphatic carbocycles. The molecule has 1 heterocycles. The summed E-state index contributed by atoms with van der Waals surface area (Å²) >= 11 is 0. The third-order valence-corrected chi connectivity index (χ3v) is 2.43. The average Bonchev–Trinajstić information content (AvgIpc) is 2.96. The molecule has 0 saturated carbocycles. The van der Waals surface area contributed by atoms with Gasteiger partial charge >= 0.3 is 0 Å². The summed E-state index contributed by atoms with van der Waals surface area (Å²) in [5, 5.41) is 15.7. The zero-order chi connectivity index (χ0) is 14.4. The zero-order valence-corrected chi connectivity index (χ0v) is 10.4. The Kier molecular flexibility index (Phi) is 4.17. The van der Waals surface area contributed by atoms with E-state index in [1.807, 2.05) is 0 Å². The number of tetrazole rings is 1. The van der Waals surface area contributed by atoms with Crippen LogP contribution in [0.3, 0.4) is 0 Å². The van der Waals surface area contributed by atoms with Gasteiger partial charge in [0.15, 0.2) is 5.82 Å². The first-order valence-corrected chi connectivity index (χ1v) is 5.73. The van der Waals surface area contributed by atoms with Crippen LogP contribution >= 0.6 is 0 Å². The van der Waals surface area contributed by atoms with Crippen molar-refractivity contribution in [1.29, 1.82) is 0 Å². The Morgan fingerprint density at radius 3 is 2.65 bits per heavy atom. The van der Waals surface area contributed by atoms with Gasteiger partial charge in [0.1, 0.15) is 0 Å². The number of hydrogen-bond donors (Lipinski definition) is 3. The van der Waals surface area contributed by atoms with Crippen molar-refractivity contribution < 1.29 is 9.59 Å². The quantitative estimate of drug-likeness (QED) is 0.640. The number of carbonyl (C=O) groups is 2. The number of carbonyl (C=O) groups excluding carboxylic acids is 2. The largest absolute Gasteiger partial charge is 0.366 e. The molecular formula is C12H12N6O2. The van der Waals surface area contributed by atoms with Crippen molar-refractivity contribution in [2.75, 3.05) is 0 Å². The van der Waals surface area contributed by atoms with Crippen molar-refractivity contribution in [3.8, 4) is 0 Å². The number of amides is 2. The van der Waals surface area contributed by atoms with E-state index in [1.54, 1.807) is 30.3 Å². The summed E-state index contributed by atoms with van der Waals surface area (Å²) < 4.78 is 0. The molecule has 0 saturated heterocycles. The van der Waals surface area contributed by atoms with Gasteiger partial charge in [-0.15, -0.1) is 10.2 Å². The molecule has 2 rings (SSSR count). The van der Waals surface area contributed by atoms with Gasteiger partial charge in [0.2, 0.25) is 11.8 Å². The van der Waals surface area contributed by atoms with Crippen molar-refractivity contribution in [3.63, 3.8) is 0 Å². The fraction of sp³-hybridized carbons (Fsp3) is 0.0833. The Hall–Kier alpha value is -3.03. The van der Waals surface area contributed by atoms with Gasteiger partial charge in [0, 0.05) is 11.6 Å². The zero-order valence-electron chi connectivity index (χ0n) is 10.4. The van der Waals surface area contributed by atoms with Crippen LogP contribution in [0.15, 0.2) is 30.3 Å². The highest BCUT2D eigenvalue weighted by Gasteiger charge is 2.01. The topological polar surface area (TPSA) is 127 Å². The van der Waals surface area contributed by atoms with Crippen molar-refractivity contribution in [3.05, 3.63) is 47.3 Å². The lowest BCUT2D eigenvalue weighted by Gasteiger charge is -1.98. The van der Waals surface area contributed by atoms with Crippen molar-refractivity contribution in [1.82, 2.24) is 25.9 Å². The summed E-state index contributed by atoms with van der Waals surface area (Å²) in [6, 6.07) is 6.59. The van der Waals surface area contributed by atoms with Gasteiger partial charge in [-0.2, -0.15) is 5.21 Å². The summed E-state index contributed by atoms with van der Waals surface area (Å²) in [6.45, 7) is 0.195. The van der Waals surface area contributed by atoms with Crippen molar-refractivity contribution >= 4 is 17.9 Å². The van der Waals surface area contributed by atoms with Crippen LogP contribution in [0, 0.1) is 0 Å². The van der Waals surface area contributed by atoms with E-state index in [9.17, 15) is 9.59 Å². The highest BCUT2D eigenvalue weighted by molar-refractivity contribution is 5.93. The first-order valence-electron chi connectivity index (χ1n) is 5.73. The number of H-pyrrole nitrogens is 1. The fourth-order valence-electron chi connectivity index (χ4n) is 1.41. The Balaban J connectivity index is 1.88. The van der Waals surface area contributed by atoms with Gasteiger partial charge in [-0.25, -0.2) is 0 Å². The smallest absolute Gasteiger partial charge is 0.248 e. The molecule has 102 valence electrons. The molecule has 8 nitrogen and oxygen atoms in total. The number of primary amides is 1. The number of nitrogens with one attached hydrogen (secondary N) is 2. The molecule has 0 aliphatic rings. The number of rotatable bonds is 5. The van der Waals surface area contributed by atoms with Crippen LogP contribution in [0.4, 0.5) is 0 Å².